The van der Waals surface area contributed by atoms with Crippen LogP contribution in [0.1, 0.15) is 24.1 Å². The summed E-state index contributed by atoms with van der Waals surface area (Å²) in [6.07, 6.45) is -3.51. The number of rotatable bonds is 5. The number of ether oxygens (including phenoxy) is 2. The number of hydrogen-bond donors (Lipinski definition) is 2. The van der Waals surface area contributed by atoms with E-state index in [2.05, 4.69) is 20.6 Å². The minimum Gasteiger partial charge on any atom is -0.406 e. The van der Waals surface area contributed by atoms with Crippen molar-refractivity contribution in [1.82, 2.24) is 15.3 Å². The highest BCUT2D eigenvalue weighted by atomic mass is 35.5. The second-order valence-electron chi connectivity index (χ2n) is 6.77. The molecule has 1 aliphatic rings. The minimum absolute atomic E-state index is 0.192. The molecule has 1 aliphatic heterocycles. The molecule has 11 heteroatoms. The van der Waals surface area contributed by atoms with Crippen LogP contribution in [0.25, 0.3) is 0 Å². The van der Waals surface area contributed by atoms with Crippen LogP contribution in [-0.2, 0) is 10.9 Å². The lowest BCUT2D eigenvalue weighted by Crippen LogP contribution is -2.34. The van der Waals surface area contributed by atoms with E-state index >= 15 is 0 Å². The van der Waals surface area contributed by atoms with Crippen LogP contribution in [0.15, 0.2) is 24.4 Å². The van der Waals surface area contributed by atoms with Gasteiger partial charge in [-0.25, -0.2) is 14.8 Å². The van der Waals surface area contributed by atoms with Gasteiger partial charge in [0.05, 0.1) is 6.20 Å². The second kappa shape index (κ2) is 9.48. The largest absolute Gasteiger partial charge is 0.437 e. The third-order valence-electron chi connectivity index (χ3n) is 4.62. The Kier molecular flexibility index (Phi) is 6.99. The van der Waals surface area contributed by atoms with Crippen LogP contribution in [-0.4, -0.2) is 35.8 Å². The Hall–Kier alpha value is -2.59. The number of alkyl halides is 3. The first-order valence-corrected chi connectivity index (χ1v) is 9.61. The van der Waals surface area contributed by atoms with E-state index in [0.29, 0.717) is 29.5 Å². The topological polar surface area (TPSA) is 85.4 Å². The monoisotopic (exact) mass is 444 g/mol. The third-order valence-corrected chi connectivity index (χ3v) is 5.03. The van der Waals surface area contributed by atoms with Crippen molar-refractivity contribution < 1.29 is 27.4 Å². The maximum atomic E-state index is 13.5. The number of halogens is 4. The Labute approximate surface area is 175 Å². The van der Waals surface area contributed by atoms with Crippen molar-refractivity contribution >= 4 is 29.3 Å². The van der Waals surface area contributed by atoms with Gasteiger partial charge >= 0.3 is 12.3 Å². The Balaban J connectivity index is 1.72. The van der Waals surface area contributed by atoms with Crippen LogP contribution in [0.2, 0.25) is 5.02 Å². The number of hydrogen-bond acceptors (Lipinski definition) is 6. The molecule has 2 heterocycles. The summed E-state index contributed by atoms with van der Waals surface area (Å²) in [5.41, 5.74) is -0.275. The van der Waals surface area contributed by atoms with Crippen molar-refractivity contribution in [3.8, 4) is 5.75 Å². The summed E-state index contributed by atoms with van der Waals surface area (Å²) in [5, 5.41) is 5.62. The van der Waals surface area contributed by atoms with Crippen molar-refractivity contribution in [1.29, 1.82) is 0 Å². The van der Waals surface area contributed by atoms with Gasteiger partial charge in [-0.3, -0.25) is 0 Å². The first-order chi connectivity index (χ1) is 14.2. The molecule has 0 atom stereocenters. The zero-order valence-electron chi connectivity index (χ0n) is 16.1. The number of benzene rings is 1. The molecule has 1 aromatic carbocycles. The smallest absolute Gasteiger partial charge is 0.406 e. The number of nitrogens with zero attached hydrogens (tertiary/aromatic N) is 2. The Morgan fingerprint density at radius 3 is 2.77 bits per heavy atom. The van der Waals surface area contributed by atoms with Gasteiger partial charge in [0.15, 0.2) is 11.4 Å². The molecule has 7 nitrogen and oxygen atoms in total. The van der Waals surface area contributed by atoms with Crippen molar-refractivity contribution in [3.05, 3.63) is 40.7 Å². The van der Waals surface area contributed by atoms with E-state index in [1.165, 1.54) is 0 Å². The van der Waals surface area contributed by atoms with Gasteiger partial charge in [-0.1, -0.05) is 17.7 Å². The molecular weight excluding hydrogens is 425 g/mol. The molecule has 2 N–H and O–H groups in total. The molecule has 1 fully saturated rings. The standard InChI is InChI=1S/C19H20ClF3N4O3/c1-11-13(20)3-2-4-14(11)26-17-24-10-15(16(27-17)19(21,22)23)30-18(28)25-9-12-5-7-29-8-6-12/h2-4,10,12H,5-9H2,1H3,(H,25,28)(H,24,26,27). The SMILES string of the molecule is Cc1c(Cl)cccc1Nc1ncc(OC(=O)NCC2CCOCC2)c(C(F)(F)F)n1. The normalized spacial score (nSPS) is 15.0. The number of carbonyl (C=O) groups excluding carboxylic acids is 1. The molecule has 3 rings (SSSR count). The fourth-order valence-corrected chi connectivity index (χ4v) is 3.06. The van der Waals surface area contributed by atoms with E-state index in [1.807, 2.05) is 0 Å². The zero-order chi connectivity index (χ0) is 21.7. The Morgan fingerprint density at radius 1 is 1.33 bits per heavy atom. The van der Waals surface area contributed by atoms with E-state index in [-0.39, 0.29) is 18.4 Å². The maximum absolute atomic E-state index is 13.5. The first-order valence-electron chi connectivity index (χ1n) is 9.24. The van der Waals surface area contributed by atoms with Crippen molar-refractivity contribution in [2.24, 2.45) is 5.92 Å². The first kappa shape index (κ1) is 22.1. The number of carbonyl (C=O) groups is 1. The van der Waals surface area contributed by atoms with Crippen LogP contribution in [0.5, 0.6) is 5.75 Å². The summed E-state index contributed by atoms with van der Waals surface area (Å²) >= 11 is 6.02. The molecule has 0 aliphatic carbocycles. The Morgan fingerprint density at radius 2 is 2.07 bits per heavy atom. The zero-order valence-corrected chi connectivity index (χ0v) is 16.8. The average Bonchev–Trinajstić information content (AvgIpc) is 2.71. The highest BCUT2D eigenvalue weighted by Gasteiger charge is 2.38. The highest BCUT2D eigenvalue weighted by Crippen LogP contribution is 2.35. The van der Waals surface area contributed by atoms with E-state index < -0.39 is 23.7 Å². The van der Waals surface area contributed by atoms with E-state index in [0.717, 1.165) is 19.0 Å². The number of anilines is 2. The van der Waals surface area contributed by atoms with Gasteiger partial charge in [0.1, 0.15) is 0 Å². The summed E-state index contributed by atoms with van der Waals surface area (Å²) in [4.78, 5) is 19.3. The molecule has 2 aromatic rings. The van der Waals surface area contributed by atoms with Gasteiger partial charge in [-0.05, 0) is 43.4 Å². The highest BCUT2D eigenvalue weighted by molar-refractivity contribution is 6.31. The van der Waals surface area contributed by atoms with Crippen LogP contribution in [0, 0.1) is 12.8 Å². The molecular formula is C19H20ClF3N4O3. The van der Waals surface area contributed by atoms with Crippen LogP contribution in [0.4, 0.5) is 29.6 Å². The van der Waals surface area contributed by atoms with Crippen molar-refractivity contribution in [2.75, 3.05) is 25.1 Å². The average molecular weight is 445 g/mol. The summed E-state index contributed by atoms with van der Waals surface area (Å²) in [6, 6.07) is 4.93. The predicted molar refractivity (Wildman–Crippen MR) is 104 cm³/mol. The van der Waals surface area contributed by atoms with E-state index in [4.69, 9.17) is 21.1 Å². The van der Waals surface area contributed by atoms with Crippen molar-refractivity contribution in [2.45, 2.75) is 25.9 Å². The van der Waals surface area contributed by atoms with Crippen LogP contribution in [0.3, 0.4) is 0 Å². The summed E-state index contributed by atoms with van der Waals surface area (Å²) < 4.78 is 50.5. The maximum Gasteiger partial charge on any atom is 0.437 e. The molecule has 1 amide bonds. The Bertz CT molecular complexity index is 905. The molecule has 0 unspecified atom stereocenters. The molecule has 30 heavy (non-hydrogen) atoms. The summed E-state index contributed by atoms with van der Waals surface area (Å²) in [5.74, 6) is -0.889. The lowest BCUT2D eigenvalue weighted by atomic mass is 10.0. The van der Waals surface area contributed by atoms with Crippen LogP contribution >= 0.6 is 11.6 Å². The summed E-state index contributed by atoms with van der Waals surface area (Å²) in [7, 11) is 0. The predicted octanol–water partition coefficient (Wildman–Crippen LogP) is 4.72. The van der Waals surface area contributed by atoms with Crippen molar-refractivity contribution in [3.63, 3.8) is 0 Å². The van der Waals surface area contributed by atoms with Crippen LogP contribution < -0.4 is 15.4 Å². The molecule has 0 bridgehead atoms. The van der Waals surface area contributed by atoms with E-state index in [9.17, 15) is 18.0 Å². The van der Waals surface area contributed by atoms with E-state index in [1.54, 1.807) is 25.1 Å². The van der Waals surface area contributed by atoms with Gasteiger partial charge in [0, 0.05) is 30.5 Å². The minimum atomic E-state index is -4.85. The number of nitrogens with one attached hydrogen (secondary N) is 2. The van der Waals surface area contributed by atoms with Gasteiger partial charge in [-0.15, -0.1) is 0 Å². The van der Waals surface area contributed by atoms with Gasteiger partial charge < -0.3 is 20.1 Å². The third kappa shape index (κ3) is 5.73. The van der Waals surface area contributed by atoms with Gasteiger partial charge in [0.2, 0.25) is 5.95 Å². The quantitative estimate of drug-likeness (QED) is 0.694. The molecule has 1 aromatic heterocycles. The number of aromatic nitrogens is 2. The molecule has 1 saturated heterocycles. The molecule has 0 radical (unpaired) electrons. The fraction of sp³-hybridized carbons (Fsp3) is 0.421. The lowest BCUT2D eigenvalue weighted by Gasteiger charge is -2.22. The lowest BCUT2D eigenvalue weighted by molar-refractivity contribution is -0.142. The molecule has 162 valence electrons. The molecule has 0 spiro atoms. The molecule has 0 saturated carbocycles. The van der Waals surface area contributed by atoms with Gasteiger partial charge in [0.25, 0.3) is 0 Å². The fourth-order valence-electron chi connectivity index (χ4n) is 2.89. The second-order valence-corrected chi connectivity index (χ2v) is 7.17. The van der Waals surface area contributed by atoms with Gasteiger partial charge in [-0.2, -0.15) is 13.2 Å². The summed E-state index contributed by atoms with van der Waals surface area (Å²) in [6.45, 7) is 3.18. The number of amides is 1.